The maximum atomic E-state index is 11.9. The lowest BCUT2D eigenvalue weighted by Crippen LogP contribution is -2.42. The summed E-state index contributed by atoms with van der Waals surface area (Å²) in [6.07, 6.45) is 4.64. The van der Waals surface area contributed by atoms with Gasteiger partial charge in [0, 0.05) is 18.2 Å². The van der Waals surface area contributed by atoms with Gasteiger partial charge in [0.15, 0.2) is 0 Å². The third kappa shape index (κ3) is 3.78. The van der Waals surface area contributed by atoms with Crippen LogP contribution in [0.15, 0.2) is 24.3 Å². The lowest BCUT2D eigenvalue weighted by atomic mass is 9.85. The van der Waals surface area contributed by atoms with Crippen molar-refractivity contribution in [3.8, 4) is 0 Å². The number of nitrogens with two attached hydrogens (primary N) is 1. The maximum absolute atomic E-state index is 11.9. The van der Waals surface area contributed by atoms with Crippen molar-refractivity contribution >= 4 is 29.9 Å². The van der Waals surface area contributed by atoms with E-state index in [0.29, 0.717) is 6.54 Å². The number of anilines is 1. The minimum Gasteiger partial charge on any atom is -0.350 e. The van der Waals surface area contributed by atoms with Crippen molar-refractivity contribution in [3.05, 3.63) is 29.8 Å². The first kappa shape index (κ1) is 16.8. The van der Waals surface area contributed by atoms with Gasteiger partial charge in [-0.1, -0.05) is 18.6 Å². The zero-order valence-corrected chi connectivity index (χ0v) is 13.2. The maximum Gasteiger partial charge on any atom is 0.240 e. The first-order chi connectivity index (χ1) is 10.1. The summed E-state index contributed by atoms with van der Waals surface area (Å²) in [7, 11) is 0. The molecule has 0 aliphatic heterocycles. The fourth-order valence-corrected chi connectivity index (χ4v) is 2.39. The molecule has 0 saturated heterocycles. The van der Waals surface area contributed by atoms with E-state index in [4.69, 9.17) is 5.73 Å². The fraction of sp³-hybridized carbons (Fsp3) is 0.500. The predicted octanol–water partition coefficient (Wildman–Crippen LogP) is 1.95. The van der Waals surface area contributed by atoms with Crippen LogP contribution in [-0.4, -0.2) is 17.4 Å². The molecule has 0 bridgehead atoms. The molecule has 0 aromatic heterocycles. The number of hydrogen-bond donors (Lipinski definition) is 3. The van der Waals surface area contributed by atoms with Crippen LogP contribution in [0.5, 0.6) is 0 Å². The molecule has 0 spiro atoms. The van der Waals surface area contributed by atoms with Crippen LogP contribution in [0.1, 0.15) is 37.7 Å². The van der Waals surface area contributed by atoms with E-state index >= 15 is 0 Å². The van der Waals surface area contributed by atoms with Crippen LogP contribution in [0.4, 0.5) is 5.69 Å². The molecule has 4 N–H and O–H groups in total. The Morgan fingerprint density at radius 2 is 2.00 bits per heavy atom. The lowest BCUT2D eigenvalue weighted by Gasteiger charge is -2.24. The van der Waals surface area contributed by atoms with Crippen molar-refractivity contribution < 1.29 is 9.59 Å². The third-order valence-corrected chi connectivity index (χ3v) is 4.36. The highest BCUT2D eigenvalue weighted by atomic mass is 35.5. The van der Waals surface area contributed by atoms with Crippen LogP contribution < -0.4 is 16.4 Å². The Balaban J connectivity index is 0.00000176. The van der Waals surface area contributed by atoms with Gasteiger partial charge in [-0.2, -0.15) is 0 Å². The molecule has 3 rings (SSSR count). The van der Waals surface area contributed by atoms with Gasteiger partial charge in [0.2, 0.25) is 11.8 Å². The van der Waals surface area contributed by atoms with E-state index in [1.807, 2.05) is 24.3 Å². The number of benzene rings is 1. The van der Waals surface area contributed by atoms with Crippen LogP contribution in [0, 0.1) is 5.92 Å². The molecule has 2 amide bonds. The molecule has 0 radical (unpaired) electrons. The van der Waals surface area contributed by atoms with E-state index < -0.39 is 5.54 Å². The average Bonchev–Trinajstić information content (AvgIpc) is 3.13. The molecule has 2 saturated carbocycles. The van der Waals surface area contributed by atoms with Crippen LogP contribution >= 0.6 is 12.4 Å². The first-order valence-electron chi connectivity index (χ1n) is 7.54. The molecule has 2 aliphatic carbocycles. The molecule has 1 aromatic rings. The summed E-state index contributed by atoms with van der Waals surface area (Å²) in [5.74, 6) is 0.174. The second-order valence-electron chi connectivity index (χ2n) is 6.16. The normalized spacial score (nSPS) is 18.6. The Bertz CT molecular complexity index is 568. The Labute approximate surface area is 136 Å². The van der Waals surface area contributed by atoms with Gasteiger partial charge in [-0.05, 0) is 43.4 Å². The fourth-order valence-electron chi connectivity index (χ4n) is 2.39. The molecule has 5 nitrogen and oxygen atoms in total. The molecule has 0 unspecified atom stereocenters. The number of carbonyl (C=O) groups excluding carboxylic acids is 2. The van der Waals surface area contributed by atoms with Gasteiger partial charge in [0.25, 0.3) is 0 Å². The smallest absolute Gasteiger partial charge is 0.240 e. The number of nitrogens with one attached hydrogen (secondary N) is 2. The van der Waals surface area contributed by atoms with Crippen molar-refractivity contribution in [2.24, 2.45) is 11.7 Å². The first-order valence-corrected chi connectivity index (χ1v) is 7.54. The van der Waals surface area contributed by atoms with E-state index in [9.17, 15) is 9.59 Å². The molecule has 2 fully saturated rings. The zero-order valence-electron chi connectivity index (χ0n) is 12.4. The molecule has 0 heterocycles. The van der Waals surface area contributed by atoms with Crippen LogP contribution in [0.2, 0.25) is 0 Å². The summed E-state index contributed by atoms with van der Waals surface area (Å²) in [6.45, 7) is 0.435. The van der Waals surface area contributed by atoms with E-state index in [-0.39, 0.29) is 30.1 Å². The zero-order chi connectivity index (χ0) is 14.9. The highest BCUT2D eigenvalue weighted by Crippen LogP contribution is 2.32. The number of carbonyl (C=O) groups is 2. The Morgan fingerprint density at radius 3 is 2.59 bits per heavy atom. The minimum absolute atomic E-state index is 0. The monoisotopic (exact) mass is 323 g/mol. The van der Waals surface area contributed by atoms with E-state index in [1.54, 1.807) is 0 Å². The van der Waals surface area contributed by atoms with Crippen molar-refractivity contribution in [3.63, 3.8) is 0 Å². The van der Waals surface area contributed by atoms with Crippen molar-refractivity contribution in [2.75, 3.05) is 5.32 Å². The summed E-state index contributed by atoms with van der Waals surface area (Å²) >= 11 is 0. The summed E-state index contributed by atoms with van der Waals surface area (Å²) in [4.78, 5) is 23.7. The van der Waals surface area contributed by atoms with Gasteiger partial charge >= 0.3 is 0 Å². The minimum atomic E-state index is -0.643. The molecule has 1 aromatic carbocycles. The van der Waals surface area contributed by atoms with Crippen molar-refractivity contribution in [2.45, 2.75) is 44.2 Å². The molecular formula is C16H22ClN3O2. The van der Waals surface area contributed by atoms with Gasteiger partial charge in [-0.3, -0.25) is 9.59 Å². The highest BCUT2D eigenvalue weighted by molar-refractivity contribution is 5.93. The van der Waals surface area contributed by atoms with Gasteiger partial charge < -0.3 is 16.4 Å². The van der Waals surface area contributed by atoms with E-state index in [1.165, 1.54) is 0 Å². The van der Waals surface area contributed by atoms with Crippen LogP contribution in [-0.2, 0) is 16.1 Å². The van der Waals surface area contributed by atoms with Gasteiger partial charge in [-0.15, -0.1) is 12.4 Å². The topological polar surface area (TPSA) is 84.2 Å². The summed E-state index contributed by atoms with van der Waals surface area (Å²) < 4.78 is 0. The molecule has 22 heavy (non-hydrogen) atoms. The highest BCUT2D eigenvalue weighted by Gasteiger charge is 2.45. The van der Waals surface area contributed by atoms with Gasteiger partial charge in [0.1, 0.15) is 0 Å². The summed E-state index contributed by atoms with van der Waals surface area (Å²) in [6, 6.07) is 7.57. The Morgan fingerprint density at radius 1 is 1.27 bits per heavy atom. The predicted molar refractivity (Wildman–Crippen MR) is 87.7 cm³/mol. The standard InChI is InChI=1S/C16H21N3O2.ClH/c17-16(7-8-16)15(21)18-10-11-3-1-6-13(9-11)19-14(20)12-4-2-5-12;/h1,3,6,9,12H,2,4-5,7-8,10,17H2,(H,18,21)(H,19,20);1H. The number of halogens is 1. The van der Waals surface area contributed by atoms with E-state index in [0.717, 1.165) is 43.4 Å². The Hall–Kier alpha value is -1.59. The van der Waals surface area contributed by atoms with Gasteiger partial charge in [0.05, 0.1) is 5.54 Å². The summed E-state index contributed by atoms with van der Waals surface area (Å²) in [5, 5.41) is 5.79. The van der Waals surface area contributed by atoms with Crippen LogP contribution in [0.3, 0.4) is 0 Å². The van der Waals surface area contributed by atoms with Crippen LogP contribution in [0.25, 0.3) is 0 Å². The van der Waals surface area contributed by atoms with Gasteiger partial charge in [-0.25, -0.2) is 0 Å². The Kier molecular flexibility index (Phi) is 5.08. The number of hydrogen-bond acceptors (Lipinski definition) is 3. The largest absolute Gasteiger partial charge is 0.350 e. The molecule has 0 atom stereocenters. The second kappa shape index (κ2) is 6.67. The quantitative estimate of drug-likeness (QED) is 0.774. The lowest BCUT2D eigenvalue weighted by molar-refractivity contribution is -0.123. The second-order valence-corrected chi connectivity index (χ2v) is 6.16. The molecule has 6 heteroatoms. The molecular weight excluding hydrogens is 302 g/mol. The number of rotatable bonds is 5. The third-order valence-electron chi connectivity index (χ3n) is 4.36. The van der Waals surface area contributed by atoms with Crippen molar-refractivity contribution in [1.29, 1.82) is 0 Å². The SMILES string of the molecule is Cl.NC1(C(=O)NCc2cccc(NC(=O)C3CCC3)c2)CC1. The van der Waals surface area contributed by atoms with E-state index in [2.05, 4.69) is 10.6 Å². The van der Waals surface area contributed by atoms with Crippen molar-refractivity contribution in [1.82, 2.24) is 5.32 Å². The number of amides is 2. The average molecular weight is 324 g/mol. The molecule has 2 aliphatic rings. The summed E-state index contributed by atoms with van der Waals surface area (Å²) in [5.41, 5.74) is 6.94. The molecule has 120 valence electrons.